The monoisotopic (exact) mass is 407 g/mol. The van der Waals surface area contributed by atoms with E-state index in [4.69, 9.17) is 0 Å². The van der Waals surface area contributed by atoms with E-state index in [-0.39, 0.29) is 23.2 Å². The fourth-order valence-corrected chi connectivity index (χ4v) is 4.60. The number of aliphatic hydroxyl groups is 1. The van der Waals surface area contributed by atoms with Crippen LogP contribution in [0.5, 0.6) is 5.75 Å². The molecule has 4 rings (SSSR count). The molecule has 1 fully saturated rings. The summed E-state index contributed by atoms with van der Waals surface area (Å²) in [6.07, 6.45) is -1.45. The molecule has 29 heavy (non-hydrogen) atoms. The molecule has 0 saturated heterocycles. The minimum Gasteiger partial charge on any atom is -0.507 e. The van der Waals surface area contributed by atoms with Gasteiger partial charge in [0.05, 0.1) is 29.0 Å². The number of rotatable bonds is 2. The van der Waals surface area contributed by atoms with Gasteiger partial charge in [0, 0.05) is 18.0 Å². The Kier molecular flexibility index (Phi) is 4.93. The topological polar surface area (TPSA) is 69.5 Å². The quantitative estimate of drug-likeness (QED) is 0.772. The lowest BCUT2D eigenvalue weighted by atomic mass is 9.91. The van der Waals surface area contributed by atoms with Crippen molar-refractivity contribution in [3.63, 3.8) is 0 Å². The van der Waals surface area contributed by atoms with E-state index in [1.54, 1.807) is 6.07 Å². The minimum atomic E-state index is -4.62. The Morgan fingerprint density at radius 3 is 2.52 bits per heavy atom. The number of aliphatic hydroxyl groups excluding tert-OH is 1. The van der Waals surface area contributed by atoms with Gasteiger partial charge in [0.15, 0.2) is 5.82 Å². The number of nitrogens with zero attached hydrogens (tertiary/aromatic N) is 3. The summed E-state index contributed by atoms with van der Waals surface area (Å²) in [5.41, 5.74) is -0.151. The molecule has 1 saturated carbocycles. The van der Waals surface area contributed by atoms with Crippen LogP contribution >= 0.6 is 0 Å². The van der Waals surface area contributed by atoms with Crippen LogP contribution in [0.4, 0.5) is 19.0 Å². The zero-order chi connectivity index (χ0) is 20.9. The van der Waals surface area contributed by atoms with Gasteiger partial charge in [-0.2, -0.15) is 13.2 Å². The van der Waals surface area contributed by atoms with Crippen molar-refractivity contribution in [2.24, 2.45) is 0 Å². The second kappa shape index (κ2) is 7.16. The zero-order valence-electron chi connectivity index (χ0n) is 16.4. The summed E-state index contributed by atoms with van der Waals surface area (Å²) < 4.78 is 40.8. The predicted molar refractivity (Wildman–Crippen MR) is 103 cm³/mol. The van der Waals surface area contributed by atoms with Gasteiger partial charge in [-0.1, -0.05) is 19.8 Å². The normalized spacial score (nSPS) is 24.6. The number of phenolic OH excluding ortho intramolecular Hbond substituents is 1. The van der Waals surface area contributed by atoms with E-state index in [1.807, 2.05) is 11.8 Å². The number of alkyl halides is 3. The number of phenols is 1. The Morgan fingerprint density at radius 2 is 1.83 bits per heavy atom. The fourth-order valence-electron chi connectivity index (χ4n) is 4.60. The van der Waals surface area contributed by atoms with Gasteiger partial charge in [-0.3, -0.25) is 0 Å². The van der Waals surface area contributed by atoms with Gasteiger partial charge in [0.1, 0.15) is 5.75 Å². The second-order valence-electron chi connectivity index (χ2n) is 8.19. The molecule has 1 aliphatic carbocycles. The highest BCUT2D eigenvalue weighted by molar-refractivity contribution is 5.74. The first-order chi connectivity index (χ1) is 13.7. The molecule has 156 valence electrons. The van der Waals surface area contributed by atoms with Gasteiger partial charge in [-0.15, -0.1) is 10.2 Å². The fraction of sp³-hybridized carbons (Fsp3) is 0.524. The van der Waals surface area contributed by atoms with Crippen LogP contribution in [0.3, 0.4) is 0 Å². The highest BCUT2D eigenvalue weighted by Gasteiger charge is 2.39. The lowest BCUT2D eigenvalue weighted by Crippen LogP contribution is -2.45. The molecule has 5 nitrogen and oxygen atoms in total. The average molecular weight is 407 g/mol. The van der Waals surface area contributed by atoms with Crippen molar-refractivity contribution in [2.75, 3.05) is 11.4 Å². The molecule has 1 aliphatic heterocycles. The molecule has 1 aromatic carbocycles. The molecule has 0 spiro atoms. The van der Waals surface area contributed by atoms with E-state index < -0.39 is 23.6 Å². The summed E-state index contributed by atoms with van der Waals surface area (Å²) in [7, 11) is 0. The van der Waals surface area contributed by atoms with Gasteiger partial charge >= 0.3 is 6.18 Å². The van der Waals surface area contributed by atoms with E-state index >= 15 is 0 Å². The van der Waals surface area contributed by atoms with Crippen molar-refractivity contribution < 1.29 is 23.4 Å². The Hall–Kier alpha value is -2.35. The Morgan fingerprint density at radius 1 is 1.10 bits per heavy atom. The van der Waals surface area contributed by atoms with Crippen LogP contribution < -0.4 is 4.90 Å². The summed E-state index contributed by atoms with van der Waals surface area (Å²) in [6, 6.07) is 3.86. The highest BCUT2D eigenvalue weighted by atomic mass is 19.4. The maximum absolute atomic E-state index is 13.6. The smallest absolute Gasteiger partial charge is 0.417 e. The third-order valence-corrected chi connectivity index (χ3v) is 5.99. The molecule has 2 heterocycles. The lowest BCUT2D eigenvalue weighted by molar-refractivity contribution is -0.137. The van der Waals surface area contributed by atoms with Crippen molar-refractivity contribution in [1.29, 1.82) is 0 Å². The molecule has 0 bridgehead atoms. The molecule has 8 heteroatoms. The lowest BCUT2D eigenvalue weighted by Gasteiger charge is -2.36. The van der Waals surface area contributed by atoms with Gasteiger partial charge in [-0.25, -0.2) is 0 Å². The number of aryl methyl sites for hydroxylation is 1. The summed E-state index contributed by atoms with van der Waals surface area (Å²) >= 11 is 0. The SMILES string of the molecule is Cc1cc(O)c(-c2cc3c(nn2)N([C@@H]2CCCC[C@H]2O)CC3C)c(C(F)(F)F)c1. The first-order valence-corrected chi connectivity index (χ1v) is 9.90. The van der Waals surface area contributed by atoms with Crippen molar-refractivity contribution in [3.8, 4) is 17.0 Å². The summed E-state index contributed by atoms with van der Waals surface area (Å²) in [5.74, 6) is 0.194. The van der Waals surface area contributed by atoms with Crippen LogP contribution in [0.2, 0.25) is 0 Å². The molecule has 2 N–H and O–H groups in total. The number of hydrogen-bond donors (Lipinski definition) is 2. The van der Waals surface area contributed by atoms with E-state index in [9.17, 15) is 23.4 Å². The largest absolute Gasteiger partial charge is 0.507 e. The minimum absolute atomic E-state index is 0.00599. The van der Waals surface area contributed by atoms with Gasteiger partial charge in [0.25, 0.3) is 0 Å². The van der Waals surface area contributed by atoms with Gasteiger partial charge < -0.3 is 15.1 Å². The predicted octanol–water partition coefficient (Wildman–Crippen LogP) is 4.40. The third-order valence-electron chi connectivity index (χ3n) is 5.99. The van der Waals surface area contributed by atoms with E-state index in [2.05, 4.69) is 10.2 Å². The number of anilines is 1. The number of hydrogen-bond acceptors (Lipinski definition) is 5. The number of benzene rings is 1. The summed E-state index contributed by atoms with van der Waals surface area (Å²) in [5, 5.41) is 29.0. The highest BCUT2D eigenvalue weighted by Crippen LogP contribution is 2.44. The Bertz CT molecular complexity index is 932. The maximum Gasteiger partial charge on any atom is 0.417 e. The molecular weight excluding hydrogens is 383 g/mol. The molecule has 1 unspecified atom stereocenters. The van der Waals surface area contributed by atoms with Crippen molar-refractivity contribution >= 4 is 5.82 Å². The van der Waals surface area contributed by atoms with Crippen molar-refractivity contribution in [2.45, 2.75) is 63.8 Å². The second-order valence-corrected chi connectivity index (χ2v) is 8.19. The molecule has 3 atom stereocenters. The maximum atomic E-state index is 13.6. The summed E-state index contributed by atoms with van der Waals surface area (Å²) in [6.45, 7) is 4.13. The Labute approximate surface area is 167 Å². The van der Waals surface area contributed by atoms with Crippen molar-refractivity contribution in [1.82, 2.24) is 10.2 Å². The first-order valence-electron chi connectivity index (χ1n) is 9.90. The van der Waals surface area contributed by atoms with Crippen LogP contribution in [0, 0.1) is 6.92 Å². The van der Waals surface area contributed by atoms with E-state index in [1.165, 1.54) is 13.0 Å². The number of halogens is 3. The summed E-state index contributed by atoms with van der Waals surface area (Å²) in [4.78, 5) is 2.04. The zero-order valence-corrected chi connectivity index (χ0v) is 16.4. The van der Waals surface area contributed by atoms with Crippen LogP contribution in [0.15, 0.2) is 18.2 Å². The van der Waals surface area contributed by atoms with Gasteiger partial charge in [-0.05, 0) is 43.5 Å². The molecule has 1 aromatic heterocycles. The van der Waals surface area contributed by atoms with Gasteiger partial charge in [0.2, 0.25) is 0 Å². The van der Waals surface area contributed by atoms with Crippen LogP contribution in [-0.2, 0) is 6.18 Å². The molecule has 2 aliphatic rings. The molecule has 0 amide bonds. The van der Waals surface area contributed by atoms with Crippen molar-refractivity contribution in [3.05, 3.63) is 34.9 Å². The number of aromatic nitrogens is 2. The van der Waals surface area contributed by atoms with E-state index in [0.29, 0.717) is 17.9 Å². The first kappa shape index (κ1) is 19.9. The Balaban J connectivity index is 1.78. The standard InChI is InChI=1S/C21H24F3N3O2/c1-11-7-14(21(22,23)24)19(18(29)8-11)15-9-13-12(2)10-27(20(13)26-25-15)16-5-3-4-6-17(16)28/h7-9,12,16-17,28-29H,3-6,10H2,1-2H3/t12?,16-,17-/m1/s1. The van der Waals surface area contributed by atoms with Crippen LogP contribution in [0.1, 0.15) is 55.2 Å². The molecule has 2 aromatic rings. The van der Waals surface area contributed by atoms with E-state index in [0.717, 1.165) is 37.3 Å². The molecule has 0 radical (unpaired) electrons. The van der Waals surface area contributed by atoms with Crippen LogP contribution in [-0.4, -0.2) is 39.1 Å². The number of fused-ring (bicyclic) bond motifs is 1. The third kappa shape index (κ3) is 3.54. The average Bonchev–Trinajstić information content (AvgIpc) is 2.97. The number of aromatic hydroxyl groups is 1. The molecular formula is C21H24F3N3O2. The van der Waals surface area contributed by atoms with Crippen LogP contribution in [0.25, 0.3) is 11.3 Å².